The van der Waals surface area contributed by atoms with E-state index in [9.17, 15) is 9.90 Å². The third-order valence-corrected chi connectivity index (χ3v) is 2.18. The van der Waals surface area contributed by atoms with Crippen molar-refractivity contribution in [1.29, 1.82) is 0 Å². The molecule has 0 fully saturated rings. The van der Waals surface area contributed by atoms with Crippen molar-refractivity contribution in [2.75, 3.05) is 0 Å². The Labute approximate surface area is 75.0 Å². The predicted molar refractivity (Wildman–Crippen MR) is 50.0 cm³/mol. The van der Waals surface area contributed by atoms with Gasteiger partial charge >= 0.3 is 0 Å². The third-order valence-electron chi connectivity index (χ3n) is 2.18. The second-order valence-electron chi connectivity index (χ2n) is 3.60. The van der Waals surface area contributed by atoms with Gasteiger partial charge in [-0.25, -0.2) is 0 Å². The lowest BCUT2D eigenvalue weighted by Gasteiger charge is -2.11. The summed E-state index contributed by atoms with van der Waals surface area (Å²) in [6, 6.07) is 0. The fourth-order valence-corrected chi connectivity index (χ4v) is 1.28. The molecule has 2 unspecified atom stereocenters. The molecular weight excluding hydrogens is 152 g/mol. The topological polar surface area (TPSA) is 37.3 Å². The maximum absolute atomic E-state index is 10.7. The molecule has 1 N–H and O–H groups in total. The van der Waals surface area contributed by atoms with Crippen LogP contribution in [0.25, 0.3) is 0 Å². The highest BCUT2D eigenvalue weighted by Crippen LogP contribution is 2.13. The summed E-state index contributed by atoms with van der Waals surface area (Å²) in [5.41, 5.74) is 0. The van der Waals surface area contributed by atoms with Crippen LogP contribution in [0.15, 0.2) is 0 Å². The molecule has 2 nitrogen and oxygen atoms in total. The van der Waals surface area contributed by atoms with Gasteiger partial charge in [-0.1, -0.05) is 26.7 Å². The first kappa shape index (κ1) is 11.6. The first-order valence-electron chi connectivity index (χ1n) is 4.76. The first-order chi connectivity index (χ1) is 5.57. The van der Waals surface area contributed by atoms with Crippen LogP contribution < -0.4 is 0 Å². The fraction of sp³-hybridized carbons (Fsp3) is 0.900. The van der Waals surface area contributed by atoms with Crippen LogP contribution in [0, 0.1) is 5.92 Å². The van der Waals surface area contributed by atoms with Crippen LogP contribution in [0.4, 0.5) is 0 Å². The van der Waals surface area contributed by atoms with Gasteiger partial charge in [0, 0.05) is 0 Å². The van der Waals surface area contributed by atoms with Gasteiger partial charge in [-0.15, -0.1) is 0 Å². The molecule has 0 aliphatic heterocycles. The molecular formula is C10H20O2. The lowest BCUT2D eigenvalue weighted by Crippen LogP contribution is -2.17. The van der Waals surface area contributed by atoms with Crippen LogP contribution in [0.1, 0.15) is 46.5 Å². The average molecular weight is 172 g/mol. The SMILES string of the molecule is CCCC(C)CCC(O)C(C)=O. The van der Waals surface area contributed by atoms with Crippen LogP contribution in [-0.4, -0.2) is 17.0 Å². The maximum atomic E-state index is 10.7. The standard InChI is InChI=1S/C10H20O2/c1-4-5-8(2)6-7-10(12)9(3)11/h8,10,12H,4-7H2,1-3H3. The Bertz CT molecular complexity index is 132. The molecule has 0 amide bonds. The Morgan fingerprint density at radius 2 is 1.92 bits per heavy atom. The van der Waals surface area contributed by atoms with Crippen molar-refractivity contribution in [3.8, 4) is 0 Å². The smallest absolute Gasteiger partial charge is 0.158 e. The van der Waals surface area contributed by atoms with Gasteiger partial charge in [-0.3, -0.25) is 4.79 Å². The lowest BCUT2D eigenvalue weighted by molar-refractivity contribution is -0.125. The Morgan fingerprint density at radius 3 is 2.33 bits per heavy atom. The van der Waals surface area contributed by atoms with Gasteiger partial charge in [0.15, 0.2) is 5.78 Å². The largest absolute Gasteiger partial charge is 0.385 e. The molecule has 2 heteroatoms. The zero-order chi connectivity index (χ0) is 9.56. The summed E-state index contributed by atoms with van der Waals surface area (Å²) in [6.45, 7) is 5.75. The van der Waals surface area contributed by atoms with E-state index in [1.807, 2.05) is 0 Å². The van der Waals surface area contributed by atoms with Crippen molar-refractivity contribution >= 4 is 5.78 Å². The highest BCUT2D eigenvalue weighted by Gasteiger charge is 2.10. The van der Waals surface area contributed by atoms with Crippen LogP contribution in [0.2, 0.25) is 0 Å². The predicted octanol–water partition coefficient (Wildman–Crippen LogP) is 2.15. The first-order valence-corrected chi connectivity index (χ1v) is 4.76. The second-order valence-corrected chi connectivity index (χ2v) is 3.60. The minimum absolute atomic E-state index is 0.112. The molecule has 0 spiro atoms. The molecule has 0 aromatic rings. The summed E-state index contributed by atoms with van der Waals surface area (Å²) in [5.74, 6) is 0.516. The quantitative estimate of drug-likeness (QED) is 0.666. The zero-order valence-corrected chi connectivity index (χ0v) is 8.34. The number of aliphatic hydroxyl groups excluding tert-OH is 1. The second kappa shape index (κ2) is 6.18. The van der Waals surface area contributed by atoms with Crippen LogP contribution in [0.3, 0.4) is 0 Å². The number of carbonyl (C=O) groups is 1. The Morgan fingerprint density at radius 1 is 1.33 bits per heavy atom. The van der Waals surface area contributed by atoms with E-state index in [2.05, 4.69) is 13.8 Å². The van der Waals surface area contributed by atoms with Crippen LogP contribution >= 0.6 is 0 Å². The van der Waals surface area contributed by atoms with Gasteiger partial charge < -0.3 is 5.11 Å². The summed E-state index contributed by atoms with van der Waals surface area (Å²) in [7, 11) is 0. The molecule has 0 aromatic carbocycles. The van der Waals surface area contributed by atoms with Gasteiger partial charge in [0.2, 0.25) is 0 Å². The number of hydrogen-bond acceptors (Lipinski definition) is 2. The molecule has 0 aliphatic carbocycles. The number of hydrogen-bond donors (Lipinski definition) is 1. The summed E-state index contributed by atoms with van der Waals surface area (Å²) in [5, 5.41) is 9.19. The van der Waals surface area contributed by atoms with Crippen molar-refractivity contribution < 1.29 is 9.90 Å². The van der Waals surface area contributed by atoms with E-state index in [-0.39, 0.29) is 5.78 Å². The normalized spacial score (nSPS) is 15.7. The summed E-state index contributed by atoms with van der Waals surface area (Å²) in [4.78, 5) is 10.7. The molecule has 72 valence electrons. The molecule has 0 aliphatic rings. The zero-order valence-electron chi connectivity index (χ0n) is 8.34. The van der Waals surface area contributed by atoms with Crippen molar-refractivity contribution in [3.05, 3.63) is 0 Å². The molecule has 0 bridgehead atoms. The summed E-state index contributed by atoms with van der Waals surface area (Å²) < 4.78 is 0. The number of aliphatic hydroxyl groups is 1. The van der Waals surface area contributed by atoms with Gasteiger partial charge in [0.1, 0.15) is 6.10 Å². The Kier molecular flexibility index (Phi) is 5.99. The van der Waals surface area contributed by atoms with E-state index in [1.54, 1.807) is 0 Å². The van der Waals surface area contributed by atoms with E-state index in [4.69, 9.17) is 0 Å². The van der Waals surface area contributed by atoms with E-state index in [1.165, 1.54) is 19.8 Å². The van der Waals surface area contributed by atoms with Crippen molar-refractivity contribution in [2.24, 2.45) is 5.92 Å². The number of rotatable bonds is 6. The fourth-order valence-electron chi connectivity index (χ4n) is 1.28. The van der Waals surface area contributed by atoms with Gasteiger partial charge in [0.25, 0.3) is 0 Å². The highest BCUT2D eigenvalue weighted by atomic mass is 16.3. The van der Waals surface area contributed by atoms with Crippen LogP contribution in [-0.2, 0) is 4.79 Å². The van der Waals surface area contributed by atoms with Crippen molar-refractivity contribution in [2.45, 2.75) is 52.6 Å². The van der Waals surface area contributed by atoms with E-state index >= 15 is 0 Å². The molecule has 12 heavy (non-hydrogen) atoms. The Balaban J connectivity index is 3.46. The molecule has 0 saturated heterocycles. The highest BCUT2D eigenvalue weighted by molar-refractivity contribution is 5.79. The molecule has 0 radical (unpaired) electrons. The minimum Gasteiger partial charge on any atom is -0.385 e. The monoisotopic (exact) mass is 172 g/mol. The van der Waals surface area contributed by atoms with Gasteiger partial charge in [-0.05, 0) is 25.7 Å². The Hall–Kier alpha value is -0.370. The summed E-state index contributed by atoms with van der Waals surface area (Å²) >= 11 is 0. The number of ketones is 1. The number of carbonyl (C=O) groups excluding carboxylic acids is 1. The molecule has 0 aromatic heterocycles. The number of Topliss-reactive ketones (excluding diaryl/α,β-unsaturated/α-hetero) is 1. The molecule has 0 heterocycles. The average Bonchev–Trinajstić information content (AvgIpc) is 2.00. The summed E-state index contributed by atoms with van der Waals surface area (Å²) in [6.07, 6.45) is 3.21. The molecule has 0 rings (SSSR count). The van der Waals surface area contributed by atoms with Gasteiger partial charge in [-0.2, -0.15) is 0 Å². The van der Waals surface area contributed by atoms with Crippen LogP contribution in [0.5, 0.6) is 0 Å². The molecule has 2 atom stereocenters. The van der Waals surface area contributed by atoms with Gasteiger partial charge in [0.05, 0.1) is 0 Å². The maximum Gasteiger partial charge on any atom is 0.158 e. The van der Waals surface area contributed by atoms with E-state index in [0.29, 0.717) is 12.3 Å². The van der Waals surface area contributed by atoms with E-state index in [0.717, 1.165) is 6.42 Å². The van der Waals surface area contributed by atoms with E-state index < -0.39 is 6.10 Å². The molecule has 0 saturated carbocycles. The third kappa shape index (κ3) is 5.30. The van der Waals surface area contributed by atoms with Crippen molar-refractivity contribution in [1.82, 2.24) is 0 Å². The van der Waals surface area contributed by atoms with Crippen molar-refractivity contribution in [3.63, 3.8) is 0 Å². The lowest BCUT2D eigenvalue weighted by atomic mass is 9.97. The minimum atomic E-state index is -0.732.